The molecule has 0 aromatic heterocycles. The lowest BCUT2D eigenvalue weighted by molar-refractivity contribution is 0.107. The molecular weight excluding hydrogens is 252 g/mol. The summed E-state index contributed by atoms with van der Waals surface area (Å²) in [5.74, 6) is 1.25. The van der Waals surface area contributed by atoms with Crippen LogP contribution < -0.4 is 0 Å². The molecule has 0 fully saturated rings. The molecule has 0 atom stereocenters. The first kappa shape index (κ1) is 19.5. The molecule has 0 aliphatic rings. The first-order chi connectivity index (χ1) is 8.26. The van der Waals surface area contributed by atoms with E-state index in [0.29, 0.717) is 19.8 Å². The Hall–Kier alpha value is 0.187. The molecule has 0 saturated heterocycles. The smallest absolute Gasteiger partial charge is 0.376 e. The van der Waals surface area contributed by atoms with Gasteiger partial charge in [0.15, 0.2) is 0 Å². The molecule has 0 rings (SSSR count). The van der Waals surface area contributed by atoms with Crippen LogP contribution in [0.5, 0.6) is 0 Å². The average molecular weight is 281 g/mol. The van der Waals surface area contributed by atoms with E-state index in [1.165, 1.54) is 12.2 Å². The van der Waals surface area contributed by atoms with Crippen molar-refractivity contribution in [1.82, 2.24) is 0 Å². The summed E-state index contributed by atoms with van der Waals surface area (Å²) in [5, 5.41) is 2.13. The number of hydrogen-bond acceptors (Lipinski definition) is 4. The molecule has 0 bridgehead atoms. The van der Waals surface area contributed by atoms with Crippen molar-refractivity contribution in [2.24, 2.45) is 0 Å². The van der Waals surface area contributed by atoms with Gasteiger partial charge in [0, 0.05) is 19.8 Å². The zero-order valence-corrected chi connectivity index (χ0v) is 13.9. The Kier molecular flexibility index (Phi) is 21.3. The van der Waals surface area contributed by atoms with E-state index in [2.05, 4.69) is 18.4 Å². The molecule has 5 heteroatoms. The zero-order valence-electron chi connectivity index (χ0n) is 11.9. The van der Waals surface area contributed by atoms with E-state index in [1.807, 2.05) is 39.5 Å². The fraction of sp³-hybridized carbons (Fsp3) is 0.833. The minimum atomic E-state index is -1.73. The van der Waals surface area contributed by atoms with Crippen molar-refractivity contribution in [3.05, 3.63) is 11.5 Å². The Morgan fingerprint density at radius 3 is 1.71 bits per heavy atom. The minimum Gasteiger partial charge on any atom is -0.376 e. The normalized spacial score (nSPS) is 10.7. The van der Waals surface area contributed by atoms with Crippen molar-refractivity contribution in [3.63, 3.8) is 0 Å². The monoisotopic (exact) mass is 280 g/mol. The van der Waals surface area contributed by atoms with Gasteiger partial charge in [0.1, 0.15) is 0 Å². The van der Waals surface area contributed by atoms with Crippen LogP contribution in [0.2, 0.25) is 0 Å². The summed E-state index contributed by atoms with van der Waals surface area (Å²) >= 11 is 1.87. The second-order valence-corrected chi connectivity index (χ2v) is 5.59. The van der Waals surface area contributed by atoms with Gasteiger partial charge in [0.25, 0.3) is 0 Å². The Balaban J connectivity index is 0. The third-order valence-corrected chi connectivity index (χ3v) is 4.39. The summed E-state index contributed by atoms with van der Waals surface area (Å²) in [5.41, 5.74) is 0. The quantitative estimate of drug-likeness (QED) is 0.477. The molecule has 0 aromatic carbocycles. The highest BCUT2D eigenvalue weighted by atomic mass is 32.2. The van der Waals surface area contributed by atoms with E-state index in [0.717, 1.165) is 0 Å². The average Bonchev–Trinajstić information content (AvgIpc) is 2.32. The second-order valence-electron chi connectivity index (χ2n) is 2.99. The Labute approximate surface area is 113 Å². The van der Waals surface area contributed by atoms with Crippen LogP contribution in [0.4, 0.5) is 0 Å². The molecular formula is C12H28O3SSi. The van der Waals surface area contributed by atoms with Crippen molar-refractivity contribution in [1.29, 1.82) is 0 Å². The van der Waals surface area contributed by atoms with Crippen molar-refractivity contribution in [2.45, 2.75) is 41.0 Å². The van der Waals surface area contributed by atoms with E-state index in [4.69, 9.17) is 13.3 Å². The largest absolute Gasteiger partial charge is 0.484 e. The van der Waals surface area contributed by atoms with Crippen LogP contribution in [0.1, 0.15) is 41.0 Å². The van der Waals surface area contributed by atoms with Crippen LogP contribution in [0.3, 0.4) is 0 Å². The highest BCUT2D eigenvalue weighted by Gasteiger charge is 2.11. The summed E-state index contributed by atoms with van der Waals surface area (Å²) in [6.45, 7) is 12.1. The number of thioether (sulfide) groups is 1. The maximum atomic E-state index is 5.22. The van der Waals surface area contributed by atoms with Crippen molar-refractivity contribution in [2.75, 3.05) is 25.6 Å². The lowest BCUT2D eigenvalue weighted by Gasteiger charge is -2.12. The van der Waals surface area contributed by atoms with E-state index >= 15 is 0 Å². The summed E-state index contributed by atoms with van der Waals surface area (Å²) in [4.78, 5) is 0. The third kappa shape index (κ3) is 18.7. The molecule has 0 aliphatic heterocycles. The predicted molar refractivity (Wildman–Crippen MR) is 79.6 cm³/mol. The fourth-order valence-electron chi connectivity index (χ4n) is 0.835. The molecule has 0 aliphatic carbocycles. The maximum Gasteiger partial charge on any atom is 0.484 e. The van der Waals surface area contributed by atoms with Gasteiger partial charge in [-0.2, -0.15) is 0 Å². The van der Waals surface area contributed by atoms with Gasteiger partial charge in [-0.1, -0.05) is 13.0 Å². The van der Waals surface area contributed by atoms with Gasteiger partial charge in [-0.25, -0.2) is 0 Å². The van der Waals surface area contributed by atoms with Crippen molar-refractivity contribution in [3.8, 4) is 0 Å². The second kappa shape index (κ2) is 18.5. The highest BCUT2D eigenvalue weighted by Crippen LogP contribution is 2.01. The van der Waals surface area contributed by atoms with Crippen LogP contribution in [0.15, 0.2) is 11.5 Å². The van der Waals surface area contributed by atoms with Gasteiger partial charge in [-0.05, 0) is 45.3 Å². The van der Waals surface area contributed by atoms with E-state index in [-0.39, 0.29) is 0 Å². The molecule has 0 radical (unpaired) electrons. The first-order valence-corrected chi connectivity index (χ1v) is 8.80. The van der Waals surface area contributed by atoms with Gasteiger partial charge in [-0.3, -0.25) is 0 Å². The van der Waals surface area contributed by atoms with Crippen LogP contribution in [0, 0.1) is 0 Å². The minimum absolute atomic E-state index is 0.677. The molecule has 0 unspecified atom stereocenters. The van der Waals surface area contributed by atoms with Gasteiger partial charge in [-0.15, -0.1) is 11.8 Å². The van der Waals surface area contributed by atoms with Crippen molar-refractivity contribution < 1.29 is 13.3 Å². The molecule has 0 saturated carbocycles. The van der Waals surface area contributed by atoms with E-state index in [1.54, 1.807) is 0 Å². The number of rotatable bonds is 9. The summed E-state index contributed by atoms with van der Waals surface area (Å²) in [6, 6.07) is 0. The molecule has 104 valence electrons. The zero-order chi connectivity index (χ0) is 13.4. The van der Waals surface area contributed by atoms with E-state index in [9.17, 15) is 0 Å². The lowest BCUT2D eigenvalue weighted by Crippen LogP contribution is -2.27. The van der Waals surface area contributed by atoms with Crippen LogP contribution >= 0.6 is 11.8 Å². The molecule has 0 heterocycles. The highest BCUT2D eigenvalue weighted by molar-refractivity contribution is 8.02. The summed E-state index contributed by atoms with van der Waals surface area (Å²) in [6.07, 6.45) is 3.34. The standard InChI is InChI=1S/C6H16O3Si.C6H12S/c1-4-7-10(8-5-2)9-6-3;1-3-5-7-6-4-2/h10H,4-6H2,1-3H3;3,5H,4,6H2,1-2H3. The summed E-state index contributed by atoms with van der Waals surface area (Å²) < 4.78 is 15.7. The van der Waals surface area contributed by atoms with Gasteiger partial charge in [0.05, 0.1) is 0 Å². The van der Waals surface area contributed by atoms with Crippen LogP contribution in [-0.2, 0) is 13.3 Å². The van der Waals surface area contributed by atoms with Gasteiger partial charge < -0.3 is 13.3 Å². The van der Waals surface area contributed by atoms with Gasteiger partial charge >= 0.3 is 9.53 Å². The third-order valence-electron chi connectivity index (χ3n) is 1.46. The molecule has 0 amide bonds. The topological polar surface area (TPSA) is 27.7 Å². The van der Waals surface area contributed by atoms with Gasteiger partial charge in [0.2, 0.25) is 0 Å². The van der Waals surface area contributed by atoms with E-state index < -0.39 is 9.53 Å². The first-order valence-electron chi connectivity index (χ1n) is 6.34. The Morgan fingerprint density at radius 2 is 1.41 bits per heavy atom. The van der Waals surface area contributed by atoms with Crippen LogP contribution in [0.25, 0.3) is 0 Å². The molecule has 3 nitrogen and oxygen atoms in total. The summed E-state index contributed by atoms with van der Waals surface area (Å²) in [7, 11) is -1.73. The number of hydrogen-bond donors (Lipinski definition) is 0. The Bertz CT molecular complexity index is 142. The molecule has 0 N–H and O–H groups in total. The lowest BCUT2D eigenvalue weighted by atomic mass is 10.6. The predicted octanol–water partition coefficient (Wildman–Crippen LogP) is 3.48. The number of allylic oxidation sites excluding steroid dienone is 1. The fourth-order valence-corrected chi connectivity index (χ4v) is 2.50. The Morgan fingerprint density at radius 1 is 0.941 bits per heavy atom. The maximum absolute atomic E-state index is 5.22. The SMILES string of the molecule is CC=CSCCC.CCO[SiH](OCC)OCC. The van der Waals surface area contributed by atoms with Crippen molar-refractivity contribution >= 4 is 21.3 Å². The molecule has 0 aromatic rings. The molecule has 17 heavy (non-hydrogen) atoms. The molecule has 0 spiro atoms. The van der Waals surface area contributed by atoms with Crippen LogP contribution in [-0.4, -0.2) is 35.1 Å².